The summed E-state index contributed by atoms with van der Waals surface area (Å²) in [5, 5.41) is 4.66. The minimum absolute atomic E-state index is 0.872. The number of furan rings is 1. The van der Waals surface area contributed by atoms with Crippen LogP contribution in [-0.2, 0) is 0 Å². The van der Waals surface area contributed by atoms with Gasteiger partial charge in [-0.3, -0.25) is 0 Å². The van der Waals surface area contributed by atoms with Crippen LogP contribution in [0.15, 0.2) is 168 Å². The minimum atomic E-state index is 0.872. The molecule has 0 aliphatic heterocycles. The maximum atomic E-state index is 6.76. The standard InChI is InChI=1S/C40H27NO/c1-4-12-28(13-5-1)30-20-23-34(24-21-30)41(33-17-8-3-9-18-33)37-27-32(29-14-6-2-7-15-29)26-36-39-35-19-11-10-16-31(35)22-25-38(39)42-40(36)37/h1-27H. The van der Waals surface area contributed by atoms with E-state index in [1.807, 2.05) is 0 Å². The van der Waals surface area contributed by atoms with E-state index in [1.165, 1.54) is 27.5 Å². The summed E-state index contributed by atoms with van der Waals surface area (Å²) in [6, 6.07) is 57.8. The van der Waals surface area contributed by atoms with Crippen molar-refractivity contribution >= 4 is 49.8 Å². The molecule has 0 bridgehead atoms. The summed E-state index contributed by atoms with van der Waals surface area (Å²) in [6.45, 7) is 0. The zero-order chi connectivity index (χ0) is 27.9. The molecule has 0 fully saturated rings. The van der Waals surface area contributed by atoms with E-state index in [9.17, 15) is 0 Å². The van der Waals surface area contributed by atoms with Crippen molar-refractivity contribution < 1.29 is 4.42 Å². The quantitative estimate of drug-likeness (QED) is 0.217. The van der Waals surface area contributed by atoms with E-state index in [0.29, 0.717) is 0 Å². The molecular formula is C40H27NO. The van der Waals surface area contributed by atoms with Crippen molar-refractivity contribution in [2.24, 2.45) is 0 Å². The highest BCUT2D eigenvalue weighted by atomic mass is 16.3. The average molecular weight is 538 g/mol. The van der Waals surface area contributed by atoms with Crippen LogP contribution >= 0.6 is 0 Å². The van der Waals surface area contributed by atoms with Crippen molar-refractivity contribution in [3.63, 3.8) is 0 Å². The minimum Gasteiger partial charge on any atom is -0.454 e. The Morgan fingerprint density at radius 1 is 0.405 bits per heavy atom. The molecule has 2 heteroatoms. The van der Waals surface area contributed by atoms with Crippen molar-refractivity contribution in [3.8, 4) is 22.3 Å². The lowest BCUT2D eigenvalue weighted by molar-refractivity contribution is 0.669. The van der Waals surface area contributed by atoms with Gasteiger partial charge in [0.15, 0.2) is 5.58 Å². The van der Waals surface area contributed by atoms with Crippen LogP contribution in [0.2, 0.25) is 0 Å². The topological polar surface area (TPSA) is 16.4 Å². The molecule has 0 radical (unpaired) electrons. The van der Waals surface area contributed by atoms with E-state index in [0.717, 1.165) is 44.6 Å². The van der Waals surface area contributed by atoms with E-state index in [4.69, 9.17) is 4.42 Å². The Balaban J connectivity index is 1.42. The zero-order valence-electron chi connectivity index (χ0n) is 22.9. The highest BCUT2D eigenvalue weighted by Gasteiger charge is 2.22. The molecule has 2 nitrogen and oxygen atoms in total. The van der Waals surface area contributed by atoms with E-state index in [2.05, 4.69) is 169 Å². The van der Waals surface area contributed by atoms with Crippen molar-refractivity contribution in [1.29, 1.82) is 0 Å². The Kier molecular flexibility index (Phi) is 5.82. The third-order valence-corrected chi connectivity index (χ3v) is 8.04. The fraction of sp³-hybridized carbons (Fsp3) is 0. The van der Waals surface area contributed by atoms with Gasteiger partial charge in [0, 0.05) is 22.1 Å². The number of benzene rings is 7. The van der Waals surface area contributed by atoms with Crippen LogP contribution in [0.1, 0.15) is 0 Å². The molecule has 0 aliphatic carbocycles. The van der Waals surface area contributed by atoms with Crippen LogP contribution in [0.4, 0.5) is 17.1 Å². The number of nitrogens with zero attached hydrogens (tertiary/aromatic N) is 1. The fourth-order valence-corrected chi connectivity index (χ4v) is 6.03. The van der Waals surface area contributed by atoms with Crippen molar-refractivity contribution in [3.05, 3.63) is 164 Å². The smallest absolute Gasteiger partial charge is 0.159 e. The van der Waals surface area contributed by atoms with Crippen LogP contribution in [0, 0.1) is 0 Å². The summed E-state index contributed by atoms with van der Waals surface area (Å²) >= 11 is 0. The van der Waals surface area contributed by atoms with Gasteiger partial charge >= 0.3 is 0 Å². The van der Waals surface area contributed by atoms with Crippen LogP contribution in [-0.4, -0.2) is 0 Å². The van der Waals surface area contributed by atoms with Gasteiger partial charge in [0.05, 0.1) is 5.69 Å². The number of hydrogen-bond donors (Lipinski definition) is 0. The lowest BCUT2D eigenvalue weighted by Gasteiger charge is -2.26. The second kappa shape index (κ2) is 10.1. The van der Waals surface area contributed by atoms with Crippen LogP contribution in [0.5, 0.6) is 0 Å². The number of rotatable bonds is 5. The lowest BCUT2D eigenvalue weighted by Crippen LogP contribution is -2.10. The first-order valence-corrected chi connectivity index (χ1v) is 14.3. The van der Waals surface area contributed by atoms with Gasteiger partial charge in [-0.15, -0.1) is 0 Å². The normalized spacial score (nSPS) is 11.3. The highest BCUT2D eigenvalue weighted by Crippen LogP contribution is 2.46. The number of anilines is 3. The second-order valence-electron chi connectivity index (χ2n) is 10.6. The Morgan fingerprint density at radius 2 is 0.976 bits per heavy atom. The second-order valence-corrected chi connectivity index (χ2v) is 10.6. The van der Waals surface area contributed by atoms with Crippen molar-refractivity contribution in [2.45, 2.75) is 0 Å². The molecule has 0 unspecified atom stereocenters. The maximum Gasteiger partial charge on any atom is 0.159 e. The van der Waals surface area contributed by atoms with Crippen LogP contribution in [0.3, 0.4) is 0 Å². The summed E-state index contributed by atoms with van der Waals surface area (Å²) in [7, 11) is 0. The van der Waals surface area contributed by atoms with Gasteiger partial charge in [0.2, 0.25) is 0 Å². The molecule has 198 valence electrons. The van der Waals surface area contributed by atoms with E-state index < -0.39 is 0 Å². The molecule has 8 rings (SSSR count). The van der Waals surface area contributed by atoms with Crippen molar-refractivity contribution in [1.82, 2.24) is 0 Å². The fourth-order valence-electron chi connectivity index (χ4n) is 6.03. The molecular weight excluding hydrogens is 510 g/mol. The zero-order valence-corrected chi connectivity index (χ0v) is 22.9. The van der Waals surface area contributed by atoms with Crippen molar-refractivity contribution in [2.75, 3.05) is 4.90 Å². The van der Waals surface area contributed by atoms with Crippen LogP contribution in [0.25, 0.3) is 55.0 Å². The lowest BCUT2D eigenvalue weighted by atomic mass is 9.98. The van der Waals surface area contributed by atoms with Gasteiger partial charge in [-0.1, -0.05) is 121 Å². The Labute approximate surface area is 244 Å². The summed E-state index contributed by atoms with van der Waals surface area (Å²) in [6.07, 6.45) is 0. The first-order chi connectivity index (χ1) is 20.8. The van der Waals surface area contributed by atoms with Gasteiger partial charge in [0.25, 0.3) is 0 Å². The van der Waals surface area contributed by atoms with Gasteiger partial charge in [-0.05, 0) is 75.5 Å². The third-order valence-electron chi connectivity index (χ3n) is 8.04. The summed E-state index contributed by atoms with van der Waals surface area (Å²) in [5.74, 6) is 0. The number of para-hydroxylation sites is 1. The largest absolute Gasteiger partial charge is 0.454 e. The summed E-state index contributed by atoms with van der Waals surface area (Å²) in [4.78, 5) is 2.31. The Morgan fingerprint density at radius 3 is 1.69 bits per heavy atom. The molecule has 0 spiro atoms. The summed E-state index contributed by atoms with van der Waals surface area (Å²) < 4.78 is 6.76. The van der Waals surface area contributed by atoms with Gasteiger partial charge in [-0.2, -0.15) is 0 Å². The predicted molar refractivity (Wildman–Crippen MR) is 177 cm³/mol. The van der Waals surface area contributed by atoms with E-state index in [1.54, 1.807) is 0 Å². The Hall–Kier alpha value is -5.60. The van der Waals surface area contributed by atoms with Gasteiger partial charge in [-0.25, -0.2) is 0 Å². The molecule has 42 heavy (non-hydrogen) atoms. The first kappa shape index (κ1) is 24.2. The van der Waals surface area contributed by atoms with Gasteiger partial charge < -0.3 is 9.32 Å². The SMILES string of the molecule is c1ccc(-c2ccc(N(c3ccccc3)c3cc(-c4ccccc4)cc4c3oc3ccc5ccccc5c34)cc2)cc1. The molecule has 8 aromatic rings. The van der Waals surface area contributed by atoms with E-state index in [-0.39, 0.29) is 0 Å². The van der Waals surface area contributed by atoms with Gasteiger partial charge in [0.1, 0.15) is 5.58 Å². The third kappa shape index (κ3) is 4.13. The molecule has 0 saturated heterocycles. The van der Waals surface area contributed by atoms with Crippen LogP contribution < -0.4 is 4.90 Å². The molecule has 0 N–H and O–H groups in total. The molecule has 0 amide bonds. The molecule has 7 aromatic carbocycles. The Bertz CT molecular complexity index is 2160. The molecule has 0 aliphatic rings. The molecule has 0 saturated carbocycles. The molecule has 1 heterocycles. The number of hydrogen-bond acceptors (Lipinski definition) is 2. The predicted octanol–water partition coefficient (Wildman–Crippen LogP) is 11.5. The first-order valence-electron chi connectivity index (χ1n) is 14.3. The average Bonchev–Trinajstić information content (AvgIpc) is 3.46. The summed E-state index contributed by atoms with van der Waals surface area (Å²) in [5.41, 5.74) is 9.61. The number of fused-ring (bicyclic) bond motifs is 5. The monoisotopic (exact) mass is 537 g/mol. The van der Waals surface area contributed by atoms with E-state index >= 15 is 0 Å². The molecule has 1 aromatic heterocycles. The highest BCUT2D eigenvalue weighted by molar-refractivity contribution is 6.21. The molecule has 0 atom stereocenters. The maximum absolute atomic E-state index is 6.76.